The van der Waals surface area contributed by atoms with Crippen LogP contribution in [0.5, 0.6) is 11.5 Å². The molecule has 0 aliphatic carbocycles. The number of rotatable bonds is 7. The summed E-state index contributed by atoms with van der Waals surface area (Å²) in [6.45, 7) is -0.0662. The SMILES string of the molecule is c1ccc(-c2ccc3c(c2)B2c4ccc(N(c5ccccc5)c5ccccc5)cc4Oc4cccc(c42)N3c2ccc(-c3ccccc3)cc2-c2ccc3ccccc3c2)cc1. The van der Waals surface area contributed by atoms with E-state index in [-0.39, 0.29) is 6.71 Å². The molecule has 10 aromatic carbocycles. The van der Waals surface area contributed by atoms with Gasteiger partial charge in [0, 0.05) is 40.1 Å². The van der Waals surface area contributed by atoms with Crippen molar-refractivity contribution in [3.63, 3.8) is 0 Å². The summed E-state index contributed by atoms with van der Waals surface area (Å²) in [7, 11) is 0. The number of ether oxygens (including phenoxy) is 1. The van der Waals surface area contributed by atoms with Crippen LogP contribution in [0.1, 0.15) is 0 Å². The Bertz CT molecular complexity index is 3240. The largest absolute Gasteiger partial charge is 0.458 e. The first-order valence-corrected chi connectivity index (χ1v) is 21.3. The summed E-state index contributed by atoms with van der Waals surface area (Å²) in [6.07, 6.45) is 0. The van der Waals surface area contributed by atoms with Crippen LogP contribution in [0.3, 0.4) is 0 Å². The highest BCUT2D eigenvalue weighted by atomic mass is 16.5. The molecule has 0 bridgehead atoms. The maximum absolute atomic E-state index is 7.09. The van der Waals surface area contributed by atoms with E-state index in [1.165, 1.54) is 49.5 Å². The number of para-hydroxylation sites is 2. The summed E-state index contributed by atoms with van der Waals surface area (Å²) in [5.41, 5.74) is 17.2. The molecule has 0 aromatic heterocycles. The van der Waals surface area contributed by atoms with Crippen molar-refractivity contribution in [2.45, 2.75) is 0 Å². The predicted molar refractivity (Wildman–Crippen MR) is 261 cm³/mol. The highest BCUT2D eigenvalue weighted by Crippen LogP contribution is 2.47. The minimum Gasteiger partial charge on any atom is -0.458 e. The van der Waals surface area contributed by atoms with Crippen LogP contribution in [0.4, 0.5) is 34.1 Å². The van der Waals surface area contributed by atoms with E-state index < -0.39 is 0 Å². The number of hydrogen-bond acceptors (Lipinski definition) is 3. The Kier molecular flexibility index (Phi) is 8.60. The summed E-state index contributed by atoms with van der Waals surface area (Å²) in [5, 5.41) is 2.44. The van der Waals surface area contributed by atoms with Gasteiger partial charge in [-0.15, -0.1) is 0 Å². The van der Waals surface area contributed by atoms with Crippen LogP contribution in [0.2, 0.25) is 0 Å². The molecule has 0 unspecified atom stereocenters. The quantitative estimate of drug-likeness (QED) is 0.150. The molecular weight excluding hydrogens is 751 g/mol. The molecule has 2 heterocycles. The van der Waals surface area contributed by atoms with E-state index in [0.717, 1.165) is 56.6 Å². The summed E-state index contributed by atoms with van der Waals surface area (Å²) in [5.74, 6) is 1.74. The molecule has 0 saturated heterocycles. The van der Waals surface area contributed by atoms with Crippen molar-refractivity contribution >= 4 is 68.0 Å². The Morgan fingerprint density at radius 3 is 1.63 bits per heavy atom. The third-order valence-electron chi connectivity index (χ3n) is 12.5. The Labute approximate surface area is 362 Å². The predicted octanol–water partition coefficient (Wildman–Crippen LogP) is 13.7. The van der Waals surface area contributed by atoms with E-state index in [9.17, 15) is 0 Å². The third-order valence-corrected chi connectivity index (χ3v) is 12.5. The average molecular weight is 791 g/mol. The number of anilines is 6. The van der Waals surface area contributed by atoms with Crippen molar-refractivity contribution in [3.05, 3.63) is 237 Å². The normalized spacial score (nSPS) is 12.3. The van der Waals surface area contributed by atoms with E-state index >= 15 is 0 Å². The standard InChI is InChI=1S/C58H39BN2O/c1-5-16-40(17-6-1)44-30-34-53(50(37-44)46-29-28-42-20-13-14-21-43(42)36-46)61-54-35-31-45(41-18-7-2-8-19-41)38-52(54)59-51-33-32-49(39-57(51)62-56-27-15-26-55(61)58(56)59)60(47-22-9-3-10-23-47)48-24-11-4-12-25-48/h1-39H. The minimum absolute atomic E-state index is 0.0662. The maximum atomic E-state index is 7.09. The van der Waals surface area contributed by atoms with E-state index in [1.807, 2.05) is 0 Å². The van der Waals surface area contributed by atoms with Gasteiger partial charge in [0.15, 0.2) is 0 Å². The monoisotopic (exact) mass is 790 g/mol. The number of nitrogens with zero attached hydrogens (tertiary/aromatic N) is 2. The van der Waals surface area contributed by atoms with Crippen LogP contribution < -0.4 is 30.9 Å². The van der Waals surface area contributed by atoms with E-state index in [1.54, 1.807) is 0 Å². The van der Waals surface area contributed by atoms with Crippen molar-refractivity contribution in [1.29, 1.82) is 0 Å². The number of hydrogen-bond donors (Lipinski definition) is 0. The molecule has 290 valence electrons. The van der Waals surface area contributed by atoms with Gasteiger partial charge in [-0.05, 0) is 122 Å². The zero-order chi connectivity index (χ0) is 41.0. The number of fused-ring (bicyclic) bond motifs is 5. The molecule has 0 spiro atoms. The summed E-state index contributed by atoms with van der Waals surface area (Å²) >= 11 is 0. The molecule has 62 heavy (non-hydrogen) atoms. The lowest BCUT2D eigenvalue weighted by atomic mass is 9.34. The first-order chi connectivity index (χ1) is 30.7. The molecule has 0 radical (unpaired) electrons. The van der Waals surface area contributed by atoms with Crippen molar-refractivity contribution in [1.82, 2.24) is 0 Å². The lowest BCUT2D eigenvalue weighted by Gasteiger charge is -2.41. The molecule has 0 fully saturated rings. The van der Waals surface area contributed by atoms with Crippen LogP contribution in [0, 0.1) is 0 Å². The van der Waals surface area contributed by atoms with E-state index in [4.69, 9.17) is 4.74 Å². The molecule has 4 heteroatoms. The topological polar surface area (TPSA) is 15.7 Å². The van der Waals surface area contributed by atoms with E-state index in [0.29, 0.717) is 0 Å². The van der Waals surface area contributed by atoms with Gasteiger partial charge in [-0.1, -0.05) is 164 Å². The Morgan fingerprint density at radius 2 is 0.935 bits per heavy atom. The van der Waals surface area contributed by atoms with Gasteiger partial charge in [0.05, 0.1) is 5.69 Å². The summed E-state index contributed by atoms with van der Waals surface area (Å²) in [6, 6.07) is 85.3. The Balaban J connectivity index is 1.08. The van der Waals surface area contributed by atoms with Crippen LogP contribution >= 0.6 is 0 Å². The Hall–Kier alpha value is -8.08. The third kappa shape index (κ3) is 6.07. The first kappa shape index (κ1) is 35.8. The fourth-order valence-corrected chi connectivity index (χ4v) is 9.61. The van der Waals surface area contributed by atoms with Gasteiger partial charge < -0.3 is 14.5 Å². The van der Waals surface area contributed by atoms with Gasteiger partial charge in [-0.2, -0.15) is 0 Å². The smallest absolute Gasteiger partial charge is 0.256 e. The van der Waals surface area contributed by atoms with Gasteiger partial charge >= 0.3 is 0 Å². The highest BCUT2D eigenvalue weighted by Gasteiger charge is 2.42. The first-order valence-electron chi connectivity index (χ1n) is 21.3. The number of benzene rings is 10. The molecular formula is C58H39BN2O. The second-order valence-electron chi connectivity index (χ2n) is 16.1. The second kappa shape index (κ2) is 14.9. The molecule has 0 atom stereocenters. The summed E-state index contributed by atoms with van der Waals surface area (Å²) in [4.78, 5) is 4.78. The molecule has 10 aromatic rings. The average Bonchev–Trinajstić information content (AvgIpc) is 3.35. The molecule has 12 rings (SSSR count). The summed E-state index contributed by atoms with van der Waals surface area (Å²) < 4.78 is 7.09. The molecule has 2 aliphatic heterocycles. The van der Waals surface area contributed by atoms with E-state index in [2.05, 4.69) is 246 Å². The van der Waals surface area contributed by atoms with Crippen LogP contribution in [-0.4, -0.2) is 6.71 Å². The van der Waals surface area contributed by atoms with Gasteiger partial charge in [-0.25, -0.2) is 0 Å². The van der Waals surface area contributed by atoms with Crippen LogP contribution in [-0.2, 0) is 0 Å². The fraction of sp³-hybridized carbons (Fsp3) is 0. The van der Waals surface area contributed by atoms with Crippen LogP contribution in [0.25, 0.3) is 44.2 Å². The molecule has 0 amide bonds. The van der Waals surface area contributed by atoms with Gasteiger partial charge in [0.2, 0.25) is 0 Å². The fourth-order valence-electron chi connectivity index (χ4n) is 9.61. The minimum atomic E-state index is -0.0662. The van der Waals surface area contributed by atoms with Crippen molar-refractivity contribution in [2.24, 2.45) is 0 Å². The Morgan fingerprint density at radius 1 is 0.339 bits per heavy atom. The lowest BCUT2D eigenvalue weighted by Crippen LogP contribution is -2.59. The van der Waals surface area contributed by atoms with Crippen LogP contribution in [0.15, 0.2) is 237 Å². The lowest BCUT2D eigenvalue weighted by molar-refractivity contribution is 0.487. The van der Waals surface area contributed by atoms with Crippen molar-refractivity contribution < 1.29 is 4.74 Å². The van der Waals surface area contributed by atoms with Gasteiger partial charge in [-0.3, -0.25) is 0 Å². The zero-order valence-electron chi connectivity index (χ0n) is 33.9. The molecule has 0 N–H and O–H groups in total. The maximum Gasteiger partial charge on any atom is 0.256 e. The van der Waals surface area contributed by atoms with Gasteiger partial charge in [0.25, 0.3) is 6.71 Å². The zero-order valence-corrected chi connectivity index (χ0v) is 33.9. The van der Waals surface area contributed by atoms with Crippen molar-refractivity contribution in [3.8, 4) is 44.9 Å². The van der Waals surface area contributed by atoms with Crippen molar-refractivity contribution in [2.75, 3.05) is 9.80 Å². The molecule has 3 nitrogen and oxygen atoms in total. The highest BCUT2D eigenvalue weighted by molar-refractivity contribution is 6.99. The molecule has 0 saturated carbocycles. The molecule has 2 aliphatic rings. The van der Waals surface area contributed by atoms with Gasteiger partial charge in [0.1, 0.15) is 11.5 Å². The second-order valence-corrected chi connectivity index (χ2v) is 16.1.